The van der Waals surface area contributed by atoms with Crippen molar-refractivity contribution in [3.05, 3.63) is 101 Å². The molecule has 5 aromatic rings. The molecular weight excluding hydrogens is 508 g/mol. The van der Waals surface area contributed by atoms with E-state index in [9.17, 15) is 0 Å². The van der Waals surface area contributed by atoms with Crippen molar-refractivity contribution >= 4 is 39.5 Å². The van der Waals surface area contributed by atoms with Crippen molar-refractivity contribution in [3.8, 4) is 17.1 Å². The van der Waals surface area contributed by atoms with Crippen molar-refractivity contribution in [3.63, 3.8) is 0 Å². The fraction of sp³-hybridized carbons (Fsp3) is 0.206. The van der Waals surface area contributed by atoms with E-state index in [1.807, 2.05) is 12.1 Å². The number of hydrogen-bond donors (Lipinski definition) is 2. The van der Waals surface area contributed by atoms with E-state index < -0.39 is 0 Å². The molecule has 1 saturated heterocycles. The molecule has 4 aromatic carbocycles. The minimum absolute atomic E-state index is 0.259. The van der Waals surface area contributed by atoms with Gasteiger partial charge in [0.1, 0.15) is 11.6 Å². The molecule has 8 rings (SSSR count). The molecule has 3 aliphatic heterocycles. The highest BCUT2D eigenvalue weighted by Gasteiger charge is 2.23. The fourth-order valence-electron chi connectivity index (χ4n) is 6.16. The van der Waals surface area contributed by atoms with Crippen LogP contribution in [0.3, 0.4) is 0 Å². The molecule has 0 saturated carbocycles. The predicted molar refractivity (Wildman–Crippen MR) is 166 cm³/mol. The molecule has 0 radical (unpaired) electrons. The monoisotopic (exact) mass is 538 g/mol. The van der Waals surface area contributed by atoms with E-state index in [0.717, 1.165) is 94.4 Å². The highest BCUT2D eigenvalue weighted by atomic mass is 16.5. The number of benzene rings is 4. The Labute approximate surface area is 238 Å². The van der Waals surface area contributed by atoms with Gasteiger partial charge in [-0.1, -0.05) is 24.3 Å². The van der Waals surface area contributed by atoms with Crippen LogP contribution in [0.1, 0.15) is 28.7 Å². The summed E-state index contributed by atoms with van der Waals surface area (Å²) in [6.07, 6.45) is 2.70. The Balaban J connectivity index is 1.05. The van der Waals surface area contributed by atoms with Crippen LogP contribution in [0, 0.1) is 0 Å². The number of H-pyrrole nitrogens is 1. The number of aromatic nitrogens is 2. The standard InChI is InChI=1S/C34H30N6O/c1-41-27-9-5-20(6-10-27)29-14-21-2-3-24(17-31(21)36-29)34-38-28-11-7-23(16-33(28)39-34)30-15-22-4-8-26(18-32(22)37-30)40-13-12-25(35)19-40/h2-11,16-18,25H,12-15,19,35H2,1H3,(H,38,39). The second-order valence-corrected chi connectivity index (χ2v) is 11.2. The highest BCUT2D eigenvalue weighted by molar-refractivity contribution is 6.08. The Hall–Kier alpha value is -4.75. The Morgan fingerprint density at radius 2 is 1.51 bits per heavy atom. The Kier molecular flexibility index (Phi) is 5.53. The summed E-state index contributed by atoms with van der Waals surface area (Å²) in [5, 5.41) is 0. The first-order valence-electron chi connectivity index (χ1n) is 14.2. The van der Waals surface area contributed by atoms with Gasteiger partial charge in [0.05, 0.1) is 40.9 Å². The number of methoxy groups -OCH3 is 1. The van der Waals surface area contributed by atoms with Crippen molar-refractivity contribution in [2.45, 2.75) is 25.3 Å². The second-order valence-electron chi connectivity index (χ2n) is 11.2. The predicted octanol–water partition coefficient (Wildman–Crippen LogP) is 6.13. The Bertz CT molecular complexity index is 1880. The minimum atomic E-state index is 0.259. The number of aromatic amines is 1. The lowest BCUT2D eigenvalue weighted by molar-refractivity contribution is 0.415. The van der Waals surface area contributed by atoms with Gasteiger partial charge >= 0.3 is 0 Å². The third-order valence-electron chi connectivity index (χ3n) is 8.48. The third kappa shape index (κ3) is 4.30. The zero-order valence-corrected chi connectivity index (χ0v) is 22.9. The van der Waals surface area contributed by atoms with E-state index >= 15 is 0 Å². The van der Waals surface area contributed by atoms with Crippen LogP contribution in [0.4, 0.5) is 17.1 Å². The summed E-state index contributed by atoms with van der Waals surface area (Å²) in [5.74, 6) is 1.69. The van der Waals surface area contributed by atoms with Crippen LogP contribution in [0.15, 0.2) is 88.8 Å². The van der Waals surface area contributed by atoms with Crippen LogP contribution < -0.4 is 15.4 Å². The van der Waals surface area contributed by atoms with E-state index in [2.05, 4.69) is 76.6 Å². The van der Waals surface area contributed by atoms with Gasteiger partial charge in [-0.2, -0.15) is 0 Å². The maximum absolute atomic E-state index is 6.13. The molecule has 0 amide bonds. The first-order valence-corrected chi connectivity index (χ1v) is 14.2. The number of anilines is 1. The largest absolute Gasteiger partial charge is 0.497 e. The lowest BCUT2D eigenvalue weighted by Gasteiger charge is -2.18. The summed E-state index contributed by atoms with van der Waals surface area (Å²) in [4.78, 5) is 20.8. The van der Waals surface area contributed by atoms with E-state index in [-0.39, 0.29) is 6.04 Å². The van der Waals surface area contributed by atoms with Gasteiger partial charge in [-0.15, -0.1) is 0 Å². The molecule has 202 valence electrons. The SMILES string of the molecule is COc1ccc(C2=Nc3cc(-c4nc5ccc(C6=Nc7cc(N8CCC(N)C8)ccc7C6)cc5[nH]4)ccc3C2)cc1. The Morgan fingerprint density at radius 3 is 2.27 bits per heavy atom. The first-order chi connectivity index (χ1) is 20.1. The van der Waals surface area contributed by atoms with Gasteiger partial charge in [0.25, 0.3) is 0 Å². The molecule has 0 aliphatic carbocycles. The Morgan fingerprint density at radius 1 is 0.805 bits per heavy atom. The number of imidazole rings is 1. The summed E-state index contributed by atoms with van der Waals surface area (Å²) in [7, 11) is 1.68. The van der Waals surface area contributed by atoms with Crippen molar-refractivity contribution in [1.29, 1.82) is 0 Å². The topological polar surface area (TPSA) is 91.9 Å². The quantitative estimate of drug-likeness (QED) is 0.282. The summed E-state index contributed by atoms with van der Waals surface area (Å²) in [6.45, 7) is 1.92. The average Bonchev–Trinajstić information content (AvgIpc) is 3.80. The van der Waals surface area contributed by atoms with Gasteiger partial charge in [-0.05, 0) is 83.3 Å². The number of aliphatic imine (C=N–C) groups is 2. The molecule has 0 bridgehead atoms. The molecule has 3 N–H and O–H groups in total. The molecule has 1 atom stereocenters. The average molecular weight is 539 g/mol. The highest BCUT2D eigenvalue weighted by Crippen LogP contribution is 2.36. The molecular formula is C34H30N6O. The zero-order chi connectivity index (χ0) is 27.5. The third-order valence-corrected chi connectivity index (χ3v) is 8.48. The maximum Gasteiger partial charge on any atom is 0.138 e. The molecule has 1 aromatic heterocycles. The number of fused-ring (bicyclic) bond motifs is 3. The van der Waals surface area contributed by atoms with Crippen LogP contribution >= 0.6 is 0 Å². The molecule has 0 spiro atoms. The van der Waals surface area contributed by atoms with Gasteiger partial charge in [0.15, 0.2) is 0 Å². The van der Waals surface area contributed by atoms with Crippen molar-refractivity contribution in [1.82, 2.24) is 9.97 Å². The zero-order valence-electron chi connectivity index (χ0n) is 22.9. The molecule has 1 unspecified atom stereocenters. The summed E-state index contributed by atoms with van der Waals surface area (Å²) < 4.78 is 5.30. The second kappa shape index (κ2) is 9.42. The molecule has 1 fully saturated rings. The van der Waals surface area contributed by atoms with E-state index in [4.69, 9.17) is 25.4 Å². The lowest BCUT2D eigenvalue weighted by atomic mass is 10.0. The van der Waals surface area contributed by atoms with E-state index in [1.54, 1.807) is 7.11 Å². The van der Waals surface area contributed by atoms with Gasteiger partial charge in [0.2, 0.25) is 0 Å². The van der Waals surface area contributed by atoms with Crippen molar-refractivity contribution in [2.75, 3.05) is 25.1 Å². The summed E-state index contributed by atoms with van der Waals surface area (Å²) in [5.41, 5.74) is 19.3. The number of hydrogen-bond acceptors (Lipinski definition) is 6. The van der Waals surface area contributed by atoms with Crippen molar-refractivity contribution < 1.29 is 4.74 Å². The fourth-order valence-corrected chi connectivity index (χ4v) is 6.16. The first kappa shape index (κ1) is 24.1. The van der Waals surface area contributed by atoms with Gasteiger partial charge < -0.3 is 20.4 Å². The maximum atomic E-state index is 6.13. The number of nitrogens with zero attached hydrogens (tertiary/aromatic N) is 4. The van der Waals surface area contributed by atoms with Crippen molar-refractivity contribution in [2.24, 2.45) is 15.7 Å². The normalized spacial score (nSPS) is 17.5. The van der Waals surface area contributed by atoms with Crippen LogP contribution in [0.25, 0.3) is 22.4 Å². The minimum Gasteiger partial charge on any atom is -0.497 e. The summed E-state index contributed by atoms with van der Waals surface area (Å²) >= 11 is 0. The molecule has 7 nitrogen and oxygen atoms in total. The number of ether oxygens (including phenoxy) is 1. The van der Waals surface area contributed by atoms with Gasteiger partial charge in [-0.3, -0.25) is 9.98 Å². The molecule has 7 heteroatoms. The van der Waals surface area contributed by atoms with Crippen LogP contribution in [-0.4, -0.2) is 47.6 Å². The van der Waals surface area contributed by atoms with E-state index in [1.165, 1.54) is 16.8 Å². The molecule has 4 heterocycles. The van der Waals surface area contributed by atoms with Gasteiger partial charge in [-0.25, -0.2) is 4.98 Å². The van der Waals surface area contributed by atoms with Gasteiger partial charge in [0, 0.05) is 43.2 Å². The van der Waals surface area contributed by atoms with Crippen LogP contribution in [0.5, 0.6) is 5.75 Å². The van der Waals surface area contributed by atoms with Crippen LogP contribution in [-0.2, 0) is 12.8 Å². The lowest BCUT2D eigenvalue weighted by Crippen LogP contribution is -2.26. The molecule has 3 aliphatic rings. The van der Waals surface area contributed by atoms with E-state index in [0.29, 0.717) is 0 Å². The number of rotatable bonds is 5. The smallest absolute Gasteiger partial charge is 0.138 e. The molecule has 41 heavy (non-hydrogen) atoms. The summed E-state index contributed by atoms with van der Waals surface area (Å²) in [6, 6.07) is 27.8. The number of nitrogens with two attached hydrogens (primary N) is 1. The van der Waals surface area contributed by atoms with Crippen LogP contribution in [0.2, 0.25) is 0 Å². The number of nitrogens with one attached hydrogen (secondary N) is 1.